The van der Waals surface area contributed by atoms with Gasteiger partial charge in [-0.25, -0.2) is 0 Å². The van der Waals surface area contributed by atoms with Crippen molar-refractivity contribution in [3.63, 3.8) is 0 Å². The number of unbranched alkanes of at least 4 members (excludes halogenated alkanes) is 11. The highest BCUT2D eigenvalue weighted by Crippen LogP contribution is 2.18. The van der Waals surface area contributed by atoms with Gasteiger partial charge >= 0.3 is 5.97 Å². The van der Waals surface area contributed by atoms with Gasteiger partial charge in [0.05, 0.1) is 5.92 Å². The lowest BCUT2D eigenvalue weighted by atomic mass is 9.95. The summed E-state index contributed by atoms with van der Waals surface area (Å²) in [7, 11) is 0. The maximum Gasteiger partial charge on any atom is 0.306 e. The molecule has 0 amide bonds. The maximum atomic E-state index is 11.1. The highest BCUT2D eigenvalue weighted by molar-refractivity contribution is 5.69. The number of aliphatic carboxylic acids is 1. The summed E-state index contributed by atoms with van der Waals surface area (Å²) >= 11 is 0. The van der Waals surface area contributed by atoms with Crippen LogP contribution in [0.5, 0.6) is 0 Å². The van der Waals surface area contributed by atoms with Crippen LogP contribution in [0.1, 0.15) is 110 Å². The lowest BCUT2D eigenvalue weighted by Crippen LogP contribution is -2.13. The van der Waals surface area contributed by atoms with Gasteiger partial charge in [-0.1, -0.05) is 97.3 Å². The second-order valence-corrected chi connectivity index (χ2v) is 6.50. The highest BCUT2D eigenvalue weighted by Gasteiger charge is 2.15. The zero-order valence-electron chi connectivity index (χ0n) is 14.5. The topological polar surface area (TPSA) is 37.3 Å². The molecule has 0 bridgehead atoms. The van der Waals surface area contributed by atoms with Crippen LogP contribution in [0.3, 0.4) is 0 Å². The smallest absolute Gasteiger partial charge is 0.306 e. The molecule has 0 rings (SSSR count). The fourth-order valence-electron chi connectivity index (χ4n) is 2.90. The van der Waals surface area contributed by atoms with E-state index in [0.717, 1.165) is 32.1 Å². The predicted molar refractivity (Wildman–Crippen MR) is 91.7 cm³/mol. The van der Waals surface area contributed by atoms with E-state index in [1.165, 1.54) is 64.2 Å². The summed E-state index contributed by atoms with van der Waals surface area (Å²) in [6, 6.07) is 0. The Morgan fingerprint density at radius 2 is 1.05 bits per heavy atom. The Morgan fingerprint density at radius 3 is 1.48 bits per heavy atom. The summed E-state index contributed by atoms with van der Waals surface area (Å²) < 4.78 is 0. The van der Waals surface area contributed by atoms with Crippen LogP contribution in [0.2, 0.25) is 0 Å². The SMILES string of the molecule is CCCCCCCCCCCCCC(CCCC)C(=O)O. The molecule has 0 aliphatic heterocycles. The Balaban J connectivity index is 3.31. The Labute approximate surface area is 132 Å². The van der Waals surface area contributed by atoms with Crippen LogP contribution in [0.25, 0.3) is 0 Å². The first-order chi connectivity index (χ1) is 10.2. The Morgan fingerprint density at radius 1 is 0.667 bits per heavy atom. The van der Waals surface area contributed by atoms with Crippen molar-refractivity contribution in [1.29, 1.82) is 0 Å². The van der Waals surface area contributed by atoms with Gasteiger partial charge in [0.15, 0.2) is 0 Å². The van der Waals surface area contributed by atoms with E-state index in [2.05, 4.69) is 13.8 Å². The molecule has 126 valence electrons. The minimum absolute atomic E-state index is 0.0940. The number of hydrogen-bond acceptors (Lipinski definition) is 1. The first-order valence-electron chi connectivity index (χ1n) is 9.45. The van der Waals surface area contributed by atoms with Crippen molar-refractivity contribution in [2.24, 2.45) is 5.92 Å². The third-order valence-electron chi connectivity index (χ3n) is 4.41. The summed E-state index contributed by atoms with van der Waals surface area (Å²) in [4.78, 5) is 11.1. The molecule has 2 heteroatoms. The normalized spacial score (nSPS) is 12.5. The number of carboxylic acid groups (broad SMARTS) is 1. The van der Waals surface area contributed by atoms with Crippen LogP contribution in [0, 0.1) is 5.92 Å². The minimum Gasteiger partial charge on any atom is -0.481 e. The third-order valence-corrected chi connectivity index (χ3v) is 4.41. The molecular formula is C19H38O2. The molecule has 0 aromatic heterocycles. The molecule has 1 unspecified atom stereocenters. The average Bonchev–Trinajstić information content (AvgIpc) is 2.47. The Bertz CT molecular complexity index is 226. The molecule has 1 atom stereocenters. The molecule has 1 N–H and O–H groups in total. The molecule has 21 heavy (non-hydrogen) atoms. The van der Waals surface area contributed by atoms with Crippen molar-refractivity contribution in [2.75, 3.05) is 0 Å². The van der Waals surface area contributed by atoms with Gasteiger partial charge in [-0.05, 0) is 12.8 Å². The van der Waals surface area contributed by atoms with Gasteiger partial charge in [0, 0.05) is 0 Å². The Kier molecular flexibility index (Phi) is 15.5. The van der Waals surface area contributed by atoms with Crippen molar-refractivity contribution in [2.45, 2.75) is 110 Å². The summed E-state index contributed by atoms with van der Waals surface area (Å²) in [5.74, 6) is -0.681. The molecule has 0 saturated heterocycles. The zero-order chi connectivity index (χ0) is 15.8. The van der Waals surface area contributed by atoms with E-state index < -0.39 is 5.97 Å². The van der Waals surface area contributed by atoms with Crippen molar-refractivity contribution in [3.05, 3.63) is 0 Å². The van der Waals surface area contributed by atoms with Crippen LogP contribution < -0.4 is 0 Å². The van der Waals surface area contributed by atoms with Crippen molar-refractivity contribution < 1.29 is 9.90 Å². The van der Waals surface area contributed by atoms with E-state index in [0.29, 0.717) is 0 Å². The molecule has 0 radical (unpaired) electrons. The molecule has 0 aromatic rings. The van der Waals surface area contributed by atoms with Crippen molar-refractivity contribution in [3.8, 4) is 0 Å². The van der Waals surface area contributed by atoms with E-state index >= 15 is 0 Å². The van der Waals surface area contributed by atoms with Crippen LogP contribution in [0.15, 0.2) is 0 Å². The molecule has 2 nitrogen and oxygen atoms in total. The fourth-order valence-corrected chi connectivity index (χ4v) is 2.90. The van der Waals surface area contributed by atoms with Gasteiger partial charge < -0.3 is 5.11 Å². The number of rotatable bonds is 16. The molecule has 0 heterocycles. The van der Waals surface area contributed by atoms with Crippen LogP contribution >= 0.6 is 0 Å². The highest BCUT2D eigenvalue weighted by atomic mass is 16.4. The standard InChI is InChI=1S/C19H38O2/c1-3-5-7-8-9-10-11-12-13-14-15-17-18(19(20)21)16-6-4-2/h18H,3-17H2,1-2H3,(H,20,21). The van der Waals surface area contributed by atoms with Crippen molar-refractivity contribution in [1.82, 2.24) is 0 Å². The molecule has 0 saturated carbocycles. The fraction of sp³-hybridized carbons (Fsp3) is 0.947. The summed E-state index contributed by atoms with van der Waals surface area (Å²) in [6.07, 6.45) is 18.5. The summed E-state index contributed by atoms with van der Waals surface area (Å²) in [5.41, 5.74) is 0. The maximum absolute atomic E-state index is 11.1. The van der Waals surface area contributed by atoms with Gasteiger partial charge in [0.2, 0.25) is 0 Å². The molecule has 0 aliphatic rings. The van der Waals surface area contributed by atoms with E-state index in [-0.39, 0.29) is 5.92 Å². The summed E-state index contributed by atoms with van der Waals surface area (Å²) in [6.45, 7) is 4.39. The largest absolute Gasteiger partial charge is 0.481 e. The first-order valence-corrected chi connectivity index (χ1v) is 9.45. The van der Waals surface area contributed by atoms with E-state index in [9.17, 15) is 4.79 Å². The Hall–Kier alpha value is -0.530. The van der Waals surface area contributed by atoms with E-state index in [1.54, 1.807) is 0 Å². The number of hydrogen-bond donors (Lipinski definition) is 1. The first kappa shape index (κ1) is 20.5. The quantitative estimate of drug-likeness (QED) is 0.327. The van der Waals surface area contributed by atoms with Gasteiger partial charge in [0.25, 0.3) is 0 Å². The van der Waals surface area contributed by atoms with Crippen LogP contribution in [0.4, 0.5) is 0 Å². The van der Waals surface area contributed by atoms with E-state index in [1.807, 2.05) is 0 Å². The average molecular weight is 299 g/mol. The molecule has 0 aliphatic carbocycles. The second kappa shape index (κ2) is 15.9. The lowest BCUT2D eigenvalue weighted by Gasteiger charge is -2.11. The van der Waals surface area contributed by atoms with Crippen LogP contribution in [-0.2, 0) is 4.79 Å². The zero-order valence-corrected chi connectivity index (χ0v) is 14.5. The third kappa shape index (κ3) is 14.2. The molecular weight excluding hydrogens is 260 g/mol. The number of carbonyl (C=O) groups is 1. The van der Waals surface area contributed by atoms with Crippen LogP contribution in [-0.4, -0.2) is 11.1 Å². The monoisotopic (exact) mass is 298 g/mol. The van der Waals surface area contributed by atoms with Gasteiger partial charge in [-0.2, -0.15) is 0 Å². The lowest BCUT2D eigenvalue weighted by molar-refractivity contribution is -0.142. The molecule has 0 aromatic carbocycles. The van der Waals surface area contributed by atoms with Crippen molar-refractivity contribution >= 4 is 5.97 Å². The summed E-state index contributed by atoms with van der Waals surface area (Å²) in [5, 5.41) is 9.16. The molecule has 0 fully saturated rings. The predicted octanol–water partition coefficient (Wildman–Crippen LogP) is 6.58. The second-order valence-electron chi connectivity index (χ2n) is 6.50. The molecule has 0 spiro atoms. The van der Waals surface area contributed by atoms with Gasteiger partial charge in [-0.15, -0.1) is 0 Å². The number of carboxylic acids is 1. The minimum atomic E-state index is -0.587. The van der Waals surface area contributed by atoms with Gasteiger partial charge in [0.1, 0.15) is 0 Å². The van der Waals surface area contributed by atoms with E-state index in [4.69, 9.17) is 5.11 Å². The van der Waals surface area contributed by atoms with Gasteiger partial charge in [-0.3, -0.25) is 4.79 Å².